The molecule has 0 aliphatic heterocycles. The van der Waals surface area contributed by atoms with Crippen molar-refractivity contribution in [3.05, 3.63) is 34.6 Å². The summed E-state index contributed by atoms with van der Waals surface area (Å²) in [7, 11) is 0. The average molecular weight is 289 g/mol. The lowest BCUT2D eigenvalue weighted by atomic mass is 10.1. The predicted octanol–water partition coefficient (Wildman–Crippen LogP) is 2.62. The van der Waals surface area contributed by atoms with E-state index in [-0.39, 0.29) is 22.1 Å². The molecule has 3 nitrogen and oxygen atoms in total. The zero-order valence-corrected chi connectivity index (χ0v) is 11.5. The van der Waals surface area contributed by atoms with Crippen LogP contribution in [0.3, 0.4) is 0 Å². The van der Waals surface area contributed by atoms with Gasteiger partial charge in [-0.05, 0) is 18.6 Å². The van der Waals surface area contributed by atoms with Crippen molar-refractivity contribution >= 4 is 34.7 Å². The van der Waals surface area contributed by atoms with E-state index in [0.29, 0.717) is 6.54 Å². The molecule has 0 fully saturated rings. The summed E-state index contributed by atoms with van der Waals surface area (Å²) in [6.07, 6.45) is 0.733. The van der Waals surface area contributed by atoms with Crippen LogP contribution in [0.15, 0.2) is 18.2 Å². The van der Waals surface area contributed by atoms with Crippen molar-refractivity contribution in [2.45, 2.75) is 13.3 Å². The standard InChI is InChI=1S/C12H14ClFN2OS/c1-2-6-16(7-10(15)18)12(17)8-4-3-5-9(13)11(8)14/h3-5H,2,6-7H2,1H3,(H2,15,18). The van der Waals surface area contributed by atoms with E-state index >= 15 is 0 Å². The Balaban J connectivity index is 3.01. The summed E-state index contributed by atoms with van der Waals surface area (Å²) in [5.41, 5.74) is 5.36. The summed E-state index contributed by atoms with van der Waals surface area (Å²) in [5, 5.41) is -0.0763. The molecule has 0 unspecified atom stereocenters. The Kier molecular flexibility index (Phi) is 5.50. The summed E-state index contributed by atoms with van der Waals surface area (Å²) < 4.78 is 13.7. The van der Waals surface area contributed by atoms with Crippen molar-refractivity contribution in [3.8, 4) is 0 Å². The van der Waals surface area contributed by atoms with Crippen LogP contribution in [-0.2, 0) is 0 Å². The molecule has 0 atom stereocenters. The number of hydrogen-bond donors (Lipinski definition) is 1. The molecular formula is C12H14ClFN2OS. The molecule has 0 heterocycles. The van der Waals surface area contributed by atoms with Crippen molar-refractivity contribution in [1.29, 1.82) is 0 Å². The first-order valence-electron chi connectivity index (χ1n) is 5.49. The molecule has 1 aromatic rings. The van der Waals surface area contributed by atoms with E-state index < -0.39 is 11.7 Å². The molecule has 2 N–H and O–H groups in total. The summed E-state index contributed by atoms with van der Waals surface area (Å²) in [6.45, 7) is 2.50. The van der Waals surface area contributed by atoms with Crippen LogP contribution in [0.4, 0.5) is 4.39 Å². The van der Waals surface area contributed by atoms with Gasteiger partial charge in [0.25, 0.3) is 5.91 Å². The van der Waals surface area contributed by atoms with Crippen LogP contribution in [0, 0.1) is 5.82 Å². The minimum atomic E-state index is -0.715. The Morgan fingerprint density at radius 1 is 1.56 bits per heavy atom. The van der Waals surface area contributed by atoms with Gasteiger partial charge in [-0.3, -0.25) is 4.79 Å². The van der Waals surface area contributed by atoms with Crippen LogP contribution in [0.5, 0.6) is 0 Å². The van der Waals surface area contributed by atoms with Gasteiger partial charge in [0.15, 0.2) is 5.82 Å². The highest BCUT2D eigenvalue weighted by Gasteiger charge is 2.20. The second-order valence-electron chi connectivity index (χ2n) is 3.79. The number of carbonyl (C=O) groups excluding carboxylic acids is 1. The van der Waals surface area contributed by atoms with Gasteiger partial charge in [-0.25, -0.2) is 4.39 Å². The number of carbonyl (C=O) groups is 1. The normalized spacial score (nSPS) is 10.2. The van der Waals surface area contributed by atoms with Crippen LogP contribution in [0.2, 0.25) is 5.02 Å². The highest BCUT2D eigenvalue weighted by molar-refractivity contribution is 7.80. The topological polar surface area (TPSA) is 46.3 Å². The van der Waals surface area contributed by atoms with Gasteiger partial charge in [-0.15, -0.1) is 0 Å². The zero-order valence-electron chi connectivity index (χ0n) is 9.95. The minimum absolute atomic E-state index is 0.0628. The molecule has 1 amide bonds. The van der Waals surface area contributed by atoms with Crippen LogP contribution < -0.4 is 5.73 Å². The van der Waals surface area contributed by atoms with Gasteiger partial charge in [0.2, 0.25) is 0 Å². The number of hydrogen-bond acceptors (Lipinski definition) is 2. The molecule has 0 saturated heterocycles. The molecule has 0 radical (unpaired) electrons. The van der Waals surface area contributed by atoms with Gasteiger partial charge in [0, 0.05) is 6.54 Å². The first-order valence-corrected chi connectivity index (χ1v) is 6.27. The van der Waals surface area contributed by atoms with E-state index in [4.69, 9.17) is 29.6 Å². The Labute approximate surface area is 116 Å². The molecule has 0 spiro atoms. The van der Waals surface area contributed by atoms with Gasteiger partial charge >= 0.3 is 0 Å². The number of halogens is 2. The lowest BCUT2D eigenvalue weighted by Crippen LogP contribution is -2.38. The second-order valence-corrected chi connectivity index (χ2v) is 4.73. The maximum atomic E-state index is 13.7. The van der Waals surface area contributed by atoms with Crippen LogP contribution in [0.25, 0.3) is 0 Å². The molecule has 98 valence electrons. The van der Waals surface area contributed by atoms with Crippen molar-refractivity contribution in [2.75, 3.05) is 13.1 Å². The number of benzene rings is 1. The van der Waals surface area contributed by atoms with Gasteiger partial charge in [0.1, 0.15) is 0 Å². The first kappa shape index (κ1) is 14.9. The minimum Gasteiger partial charge on any atom is -0.392 e. The van der Waals surface area contributed by atoms with Gasteiger partial charge in [0.05, 0.1) is 22.1 Å². The Bertz CT molecular complexity index is 467. The smallest absolute Gasteiger partial charge is 0.257 e. The fraction of sp³-hybridized carbons (Fsp3) is 0.333. The van der Waals surface area contributed by atoms with Crippen molar-refractivity contribution in [2.24, 2.45) is 5.73 Å². The van der Waals surface area contributed by atoms with E-state index in [2.05, 4.69) is 0 Å². The SMILES string of the molecule is CCCN(CC(N)=S)C(=O)c1cccc(Cl)c1F. The van der Waals surface area contributed by atoms with E-state index in [1.54, 1.807) is 0 Å². The maximum Gasteiger partial charge on any atom is 0.257 e. The highest BCUT2D eigenvalue weighted by Crippen LogP contribution is 2.19. The van der Waals surface area contributed by atoms with Gasteiger partial charge in [-0.2, -0.15) is 0 Å². The molecule has 0 bridgehead atoms. The third-order valence-corrected chi connectivity index (χ3v) is 2.73. The number of rotatable bonds is 5. The number of nitrogens with zero attached hydrogens (tertiary/aromatic N) is 1. The first-order chi connectivity index (χ1) is 8.47. The van der Waals surface area contributed by atoms with Crippen molar-refractivity contribution < 1.29 is 9.18 Å². The van der Waals surface area contributed by atoms with E-state index in [0.717, 1.165) is 6.42 Å². The molecule has 0 aliphatic carbocycles. The fourth-order valence-corrected chi connectivity index (χ4v) is 1.88. The van der Waals surface area contributed by atoms with Crippen LogP contribution in [-0.4, -0.2) is 28.9 Å². The number of thiocarbonyl (C=S) groups is 1. The fourth-order valence-electron chi connectivity index (χ4n) is 1.55. The van der Waals surface area contributed by atoms with E-state index in [9.17, 15) is 9.18 Å². The summed E-state index contributed by atoms with van der Waals surface area (Å²) >= 11 is 10.4. The average Bonchev–Trinajstić information content (AvgIpc) is 2.31. The summed E-state index contributed by atoms with van der Waals surface area (Å²) in [4.78, 5) is 13.8. The molecule has 1 aromatic carbocycles. The molecule has 0 saturated carbocycles. The van der Waals surface area contributed by atoms with Gasteiger partial charge in [-0.1, -0.05) is 36.8 Å². The lowest BCUT2D eigenvalue weighted by molar-refractivity contribution is 0.0775. The van der Waals surface area contributed by atoms with Gasteiger partial charge < -0.3 is 10.6 Å². The molecule has 18 heavy (non-hydrogen) atoms. The summed E-state index contributed by atoms with van der Waals surface area (Å²) in [6, 6.07) is 4.32. The Hall–Kier alpha value is -1.20. The zero-order chi connectivity index (χ0) is 13.7. The third-order valence-electron chi connectivity index (χ3n) is 2.31. The van der Waals surface area contributed by atoms with Crippen LogP contribution in [0.1, 0.15) is 23.7 Å². The second kappa shape index (κ2) is 6.66. The quantitative estimate of drug-likeness (QED) is 0.847. The monoisotopic (exact) mass is 288 g/mol. The van der Waals surface area contributed by atoms with Crippen molar-refractivity contribution in [3.63, 3.8) is 0 Å². The molecule has 0 aliphatic rings. The van der Waals surface area contributed by atoms with E-state index in [1.807, 2.05) is 6.92 Å². The molecular weight excluding hydrogens is 275 g/mol. The highest BCUT2D eigenvalue weighted by atomic mass is 35.5. The summed E-state index contributed by atoms with van der Waals surface area (Å²) in [5.74, 6) is -1.17. The molecule has 6 heteroatoms. The molecule has 1 rings (SSSR count). The molecule has 0 aromatic heterocycles. The third kappa shape index (κ3) is 3.65. The maximum absolute atomic E-state index is 13.7. The largest absolute Gasteiger partial charge is 0.392 e. The predicted molar refractivity (Wildman–Crippen MR) is 74.4 cm³/mol. The van der Waals surface area contributed by atoms with E-state index in [1.165, 1.54) is 23.1 Å². The van der Waals surface area contributed by atoms with Crippen molar-refractivity contribution in [1.82, 2.24) is 4.90 Å². The van der Waals surface area contributed by atoms with Crippen LogP contribution >= 0.6 is 23.8 Å². The Morgan fingerprint density at radius 3 is 2.78 bits per heavy atom. The number of nitrogens with two attached hydrogens (primary N) is 1. The number of amides is 1. The lowest BCUT2D eigenvalue weighted by Gasteiger charge is -2.21. The Morgan fingerprint density at radius 2 is 2.22 bits per heavy atom.